The number of carbonyl (C=O) groups excluding carboxylic acids is 1. The van der Waals surface area contributed by atoms with Crippen molar-refractivity contribution in [3.05, 3.63) is 45.4 Å². The van der Waals surface area contributed by atoms with Crippen LogP contribution in [0.3, 0.4) is 0 Å². The van der Waals surface area contributed by atoms with E-state index < -0.39 is 11.8 Å². The first kappa shape index (κ1) is 23.5. The Hall–Kier alpha value is -2.12. The standard InChI is InChI=1S/C24H32FN3O2S/c1-13(2)31-22(19-9-8-10-28(19)26)23(29)30-21-14(3)15(4)27-20-17(21)11-16(12-18(20)25)24(5,6)7/h11-13H,8-10,26H2,1-7H3/b22-19-. The molecule has 0 saturated carbocycles. The lowest BCUT2D eigenvalue weighted by Crippen LogP contribution is -2.28. The van der Waals surface area contributed by atoms with Crippen LogP contribution in [0, 0.1) is 19.7 Å². The van der Waals surface area contributed by atoms with Crippen molar-refractivity contribution in [1.29, 1.82) is 0 Å². The number of aryl methyl sites for hydroxylation is 1. The Morgan fingerprint density at radius 2 is 1.97 bits per heavy atom. The molecule has 1 saturated heterocycles. The SMILES string of the molecule is Cc1nc2c(F)cc(C(C)(C)C)cc2c(OC(=O)/C(SC(C)C)=C2\CCCN2N)c1C. The first-order chi connectivity index (χ1) is 14.4. The van der Waals surface area contributed by atoms with Crippen molar-refractivity contribution in [2.45, 2.75) is 72.0 Å². The summed E-state index contributed by atoms with van der Waals surface area (Å²) in [4.78, 5) is 18.3. The van der Waals surface area contributed by atoms with Gasteiger partial charge in [0.25, 0.3) is 0 Å². The third-order valence-electron chi connectivity index (χ3n) is 5.49. The van der Waals surface area contributed by atoms with Gasteiger partial charge in [0.2, 0.25) is 0 Å². The molecular formula is C24H32FN3O2S. The van der Waals surface area contributed by atoms with Gasteiger partial charge in [0, 0.05) is 28.4 Å². The van der Waals surface area contributed by atoms with E-state index in [0.29, 0.717) is 28.3 Å². The topological polar surface area (TPSA) is 68.5 Å². The minimum absolute atomic E-state index is 0.186. The summed E-state index contributed by atoms with van der Waals surface area (Å²) in [5.74, 6) is 5.61. The van der Waals surface area contributed by atoms with Gasteiger partial charge in [-0.15, -0.1) is 11.8 Å². The first-order valence-electron chi connectivity index (χ1n) is 10.6. The van der Waals surface area contributed by atoms with Crippen LogP contribution in [0.1, 0.15) is 64.3 Å². The summed E-state index contributed by atoms with van der Waals surface area (Å²) >= 11 is 1.45. The van der Waals surface area contributed by atoms with Crippen LogP contribution < -0.4 is 10.6 Å². The van der Waals surface area contributed by atoms with Crippen molar-refractivity contribution < 1.29 is 13.9 Å². The largest absolute Gasteiger partial charge is 0.421 e. The van der Waals surface area contributed by atoms with E-state index in [1.165, 1.54) is 17.8 Å². The predicted octanol–water partition coefficient (Wildman–Crippen LogP) is 5.52. The zero-order valence-corrected chi connectivity index (χ0v) is 20.2. The fourth-order valence-corrected chi connectivity index (χ4v) is 4.58. The third kappa shape index (κ3) is 4.88. The second kappa shape index (κ2) is 8.79. The van der Waals surface area contributed by atoms with Crippen LogP contribution in [0.4, 0.5) is 4.39 Å². The fourth-order valence-electron chi connectivity index (χ4n) is 3.62. The van der Waals surface area contributed by atoms with Gasteiger partial charge in [0.05, 0.1) is 5.70 Å². The smallest absolute Gasteiger partial charge is 0.351 e. The number of carbonyl (C=O) groups is 1. The van der Waals surface area contributed by atoms with Crippen molar-refractivity contribution in [2.75, 3.05) is 6.54 Å². The van der Waals surface area contributed by atoms with Crippen LogP contribution in [0.15, 0.2) is 22.7 Å². The van der Waals surface area contributed by atoms with Crippen LogP contribution >= 0.6 is 11.8 Å². The van der Waals surface area contributed by atoms with Gasteiger partial charge >= 0.3 is 5.97 Å². The van der Waals surface area contributed by atoms with Gasteiger partial charge in [-0.3, -0.25) is 0 Å². The van der Waals surface area contributed by atoms with E-state index in [1.54, 1.807) is 11.9 Å². The number of pyridine rings is 1. The third-order valence-corrected chi connectivity index (χ3v) is 6.60. The summed E-state index contributed by atoms with van der Waals surface area (Å²) in [6.45, 7) is 14.5. The highest BCUT2D eigenvalue weighted by Gasteiger charge is 2.28. The Bertz CT molecular complexity index is 1060. The highest BCUT2D eigenvalue weighted by Crippen LogP contribution is 2.38. The number of nitrogens with zero attached hydrogens (tertiary/aromatic N) is 2. The Morgan fingerprint density at radius 1 is 1.29 bits per heavy atom. The highest BCUT2D eigenvalue weighted by atomic mass is 32.2. The number of nitrogens with two attached hydrogens (primary N) is 1. The maximum absolute atomic E-state index is 15.0. The average molecular weight is 446 g/mol. The molecule has 0 radical (unpaired) electrons. The maximum Gasteiger partial charge on any atom is 0.351 e. The van der Waals surface area contributed by atoms with Gasteiger partial charge in [0.1, 0.15) is 22.0 Å². The molecule has 2 heterocycles. The molecule has 0 spiro atoms. The number of hydrazine groups is 1. The molecular weight excluding hydrogens is 413 g/mol. The minimum atomic E-state index is -0.456. The molecule has 0 amide bonds. The molecule has 168 valence electrons. The molecule has 2 aromatic rings. The molecule has 1 aliphatic rings. The lowest BCUT2D eigenvalue weighted by molar-refractivity contribution is -0.129. The molecule has 2 N–H and O–H groups in total. The van der Waals surface area contributed by atoms with Crippen molar-refractivity contribution >= 4 is 28.6 Å². The number of aromatic nitrogens is 1. The Labute approximate surface area is 188 Å². The fraction of sp³-hybridized carbons (Fsp3) is 0.500. The van der Waals surface area contributed by atoms with Gasteiger partial charge in [0.15, 0.2) is 0 Å². The van der Waals surface area contributed by atoms with Crippen LogP contribution in [0.5, 0.6) is 5.75 Å². The number of benzene rings is 1. The molecule has 1 aromatic heterocycles. The Balaban J connectivity index is 2.16. The number of fused-ring (bicyclic) bond motifs is 1. The molecule has 0 bridgehead atoms. The van der Waals surface area contributed by atoms with E-state index in [4.69, 9.17) is 10.6 Å². The maximum atomic E-state index is 15.0. The average Bonchev–Trinajstić information content (AvgIpc) is 3.08. The van der Waals surface area contributed by atoms with Gasteiger partial charge < -0.3 is 9.75 Å². The minimum Gasteiger partial charge on any atom is -0.421 e. The quantitative estimate of drug-likeness (QED) is 0.380. The van der Waals surface area contributed by atoms with Crippen LogP contribution in [0.25, 0.3) is 10.9 Å². The number of hydrogen-bond acceptors (Lipinski definition) is 6. The van der Waals surface area contributed by atoms with E-state index in [1.807, 2.05) is 47.6 Å². The summed E-state index contributed by atoms with van der Waals surface area (Å²) in [7, 11) is 0. The monoisotopic (exact) mass is 445 g/mol. The van der Waals surface area contributed by atoms with E-state index in [2.05, 4.69) is 4.98 Å². The lowest BCUT2D eigenvalue weighted by atomic mass is 9.86. The molecule has 0 aliphatic carbocycles. The molecule has 31 heavy (non-hydrogen) atoms. The number of esters is 1. The van der Waals surface area contributed by atoms with Gasteiger partial charge in [-0.2, -0.15) is 0 Å². The first-order valence-corrected chi connectivity index (χ1v) is 11.5. The predicted molar refractivity (Wildman–Crippen MR) is 125 cm³/mol. The summed E-state index contributed by atoms with van der Waals surface area (Å²) < 4.78 is 21.0. The summed E-state index contributed by atoms with van der Waals surface area (Å²) in [6.07, 6.45) is 1.64. The summed E-state index contributed by atoms with van der Waals surface area (Å²) in [6, 6.07) is 3.40. The number of rotatable bonds is 4. The molecule has 3 rings (SSSR count). The number of thioether (sulfide) groups is 1. The molecule has 1 aliphatic heterocycles. The van der Waals surface area contributed by atoms with E-state index in [9.17, 15) is 9.18 Å². The Kier molecular flexibility index (Phi) is 6.67. The number of hydrogen-bond donors (Lipinski definition) is 1. The second-order valence-electron chi connectivity index (χ2n) is 9.38. The molecule has 1 fully saturated rings. The Morgan fingerprint density at radius 3 is 2.52 bits per heavy atom. The normalized spacial score (nSPS) is 16.4. The van der Waals surface area contributed by atoms with Crippen LogP contribution in [-0.4, -0.2) is 27.8 Å². The van der Waals surface area contributed by atoms with Crippen molar-refractivity contribution in [2.24, 2.45) is 5.84 Å². The molecule has 0 unspecified atom stereocenters. The highest BCUT2D eigenvalue weighted by molar-refractivity contribution is 8.04. The molecule has 7 heteroatoms. The van der Waals surface area contributed by atoms with Gasteiger partial charge in [-0.25, -0.2) is 20.0 Å². The van der Waals surface area contributed by atoms with Crippen LogP contribution in [-0.2, 0) is 10.2 Å². The van der Waals surface area contributed by atoms with E-state index in [-0.39, 0.29) is 16.2 Å². The number of halogens is 1. The zero-order chi connectivity index (χ0) is 23.1. The van der Waals surface area contributed by atoms with E-state index >= 15 is 0 Å². The molecule has 5 nitrogen and oxygen atoms in total. The summed E-state index contributed by atoms with van der Waals surface area (Å²) in [5.41, 5.74) is 2.92. The van der Waals surface area contributed by atoms with Crippen molar-refractivity contribution in [1.82, 2.24) is 9.99 Å². The molecule has 1 aromatic carbocycles. The zero-order valence-electron chi connectivity index (χ0n) is 19.4. The number of allylic oxidation sites excluding steroid dienone is 1. The molecule has 0 atom stereocenters. The van der Waals surface area contributed by atoms with Gasteiger partial charge in [-0.05, 0) is 49.8 Å². The lowest BCUT2D eigenvalue weighted by Gasteiger charge is -2.22. The summed E-state index contributed by atoms with van der Waals surface area (Å²) in [5, 5.41) is 2.33. The second-order valence-corrected chi connectivity index (χ2v) is 11.0. The van der Waals surface area contributed by atoms with Crippen molar-refractivity contribution in [3.8, 4) is 5.75 Å². The van der Waals surface area contributed by atoms with Gasteiger partial charge in [-0.1, -0.05) is 34.6 Å². The number of ether oxygens (including phenoxy) is 1. The van der Waals surface area contributed by atoms with Crippen LogP contribution in [0.2, 0.25) is 0 Å². The van der Waals surface area contributed by atoms with E-state index in [0.717, 1.165) is 29.7 Å². The van der Waals surface area contributed by atoms with Crippen molar-refractivity contribution in [3.63, 3.8) is 0 Å².